The fourth-order valence-corrected chi connectivity index (χ4v) is 3.17. The Balaban J connectivity index is 3.04. The molecule has 0 aromatic rings. The molecule has 30 heavy (non-hydrogen) atoms. The zero-order valence-electron chi connectivity index (χ0n) is 18.3. The number of carbonyl (C=O) groups excluding carboxylic acids is 1. The molecule has 0 rings (SSSR count). The molecule has 0 aliphatic heterocycles. The average Bonchev–Trinajstić information content (AvgIpc) is 2.67. The third-order valence-electron chi connectivity index (χ3n) is 4.13. The minimum atomic E-state index is -4.17. The molecule has 180 valence electrons. The van der Waals surface area contributed by atoms with E-state index in [4.69, 9.17) is 18.9 Å². The molecule has 9 heteroatoms. The Morgan fingerprint density at radius 1 is 0.633 bits per heavy atom. The maximum atomic E-state index is 11.9. The lowest BCUT2D eigenvalue weighted by Crippen LogP contribution is -2.15. The lowest BCUT2D eigenvalue weighted by Gasteiger charge is -2.08. The monoisotopic (exact) mass is 460 g/mol. The number of unbranched alkanes of at least 4 members (excludes halogenated alkanes) is 7. The van der Waals surface area contributed by atoms with Crippen LogP contribution in [0.4, 0.5) is 13.2 Å². The molecule has 5 nitrogen and oxygen atoms in total. The summed E-state index contributed by atoms with van der Waals surface area (Å²) in [6.45, 7) is 4.33. The molecule has 0 aromatic carbocycles. The summed E-state index contributed by atoms with van der Waals surface area (Å²) in [7, 11) is 0. The van der Waals surface area contributed by atoms with Crippen molar-refractivity contribution in [1.82, 2.24) is 0 Å². The molecule has 0 aromatic heterocycles. The van der Waals surface area contributed by atoms with Crippen molar-refractivity contribution < 1.29 is 36.9 Å². The number of thioether (sulfide) groups is 1. The fourth-order valence-electron chi connectivity index (χ4n) is 2.53. The zero-order valence-corrected chi connectivity index (χ0v) is 19.1. The van der Waals surface area contributed by atoms with Crippen LogP contribution in [0.15, 0.2) is 0 Å². The van der Waals surface area contributed by atoms with Crippen LogP contribution in [0, 0.1) is 0 Å². The quantitative estimate of drug-likeness (QED) is 0.202. The van der Waals surface area contributed by atoms with Crippen molar-refractivity contribution in [2.45, 2.75) is 70.9 Å². The van der Waals surface area contributed by atoms with Gasteiger partial charge in [-0.15, -0.1) is 0 Å². The van der Waals surface area contributed by atoms with Gasteiger partial charge in [-0.25, -0.2) is 0 Å². The Bertz CT molecular complexity index is 384. The van der Waals surface area contributed by atoms with Crippen molar-refractivity contribution in [3.8, 4) is 0 Å². The van der Waals surface area contributed by atoms with Gasteiger partial charge in [0.05, 0.1) is 52.7 Å². The summed E-state index contributed by atoms with van der Waals surface area (Å²) in [5, 5.41) is 0.211. The smallest absolute Gasteiger partial charge is 0.379 e. The van der Waals surface area contributed by atoms with E-state index in [1.165, 1.54) is 50.3 Å². The van der Waals surface area contributed by atoms with Gasteiger partial charge in [0.15, 0.2) is 5.12 Å². The third-order valence-corrected chi connectivity index (χ3v) is 5.03. The van der Waals surface area contributed by atoms with Crippen molar-refractivity contribution in [3.05, 3.63) is 0 Å². The molecule has 0 N–H and O–H groups in total. The highest BCUT2D eigenvalue weighted by atomic mass is 32.2. The number of alkyl halides is 3. The van der Waals surface area contributed by atoms with Crippen LogP contribution >= 0.6 is 11.8 Å². The first-order valence-corrected chi connectivity index (χ1v) is 11.9. The van der Waals surface area contributed by atoms with E-state index >= 15 is 0 Å². The van der Waals surface area contributed by atoms with Gasteiger partial charge in [-0.3, -0.25) is 4.79 Å². The summed E-state index contributed by atoms with van der Waals surface area (Å²) < 4.78 is 56.6. The van der Waals surface area contributed by atoms with Gasteiger partial charge in [-0.1, -0.05) is 50.3 Å². The number of carbonyl (C=O) groups is 1. The van der Waals surface area contributed by atoms with Crippen molar-refractivity contribution >= 4 is 16.9 Å². The first-order chi connectivity index (χ1) is 14.4. The Hall–Kier alpha value is -0.350. The number of hydrogen-bond donors (Lipinski definition) is 0. The summed E-state index contributed by atoms with van der Waals surface area (Å²) in [4.78, 5) is 10.8. The van der Waals surface area contributed by atoms with Crippen molar-refractivity contribution in [2.75, 3.05) is 58.6 Å². The van der Waals surface area contributed by atoms with Crippen LogP contribution in [0.1, 0.15) is 64.7 Å². The molecule has 0 aliphatic carbocycles. The number of hydrogen-bond acceptors (Lipinski definition) is 6. The minimum absolute atomic E-state index is 0.152. The van der Waals surface area contributed by atoms with E-state index in [1.807, 2.05) is 0 Å². The summed E-state index contributed by atoms with van der Waals surface area (Å²) in [6, 6.07) is 0. The highest BCUT2D eigenvalue weighted by Gasteiger charge is 2.26. The normalized spacial score (nSPS) is 11.9. The Labute approximate surface area is 183 Å². The Morgan fingerprint density at radius 3 is 1.50 bits per heavy atom. The predicted octanol–water partition coefficient (Wildman–Crippen LogP) is 5.41. The number of halogens is 3. The van der Waals surface area contributed by atoms with Crippen LogP contribution in [0.3, 0.4) is 0 Å². The molecule has 0 heterocycles. The molecule has 0 aliphatic rings. The van der Waals surface area contributed by atoms with E-state index in [0.717, 1.165) is 25.2 Å². The van der Waals surface area contributed by atoms with Crippen LogP contribution < -0.4 is 0 Å². The highest BCUT2D eigenvalue weighted by Crippen LogP contribution is 2.18. The number of rotatable bonds is 22. The second kappa shape index (κ2) is 21.9. The van der Waals surface area contributed by atoms with E-state index in [2.05, 4.69) is 0 Å². The Morgan fingerprint density at radius 2 is 1.03 bits per heavy atom. The van der Waals surface area contributed by atoms with Crippen LogP contribution in [0.5, 0.6) is 0 Å². The number of ether oxygens (including phenoxy) is 4. The molecule has 0 amide bonds. The summed E-state index contributed by atoms with van der Waals surface area (Å²) in [6.07, 6.45) is 4.49. The summed E-state index contributed by atoms with van der Waals surface area (Å²) >= 11 is 1.42. The summed E-state index contributed by atoms with van der Waals surface area (Å²) in [5.74, 6) is 0.951. The van der Waals surface area contributed by atoms with Gasteiger partial charge < -0.3 is 18.9 Å². The molecule has 0 spiro atoms. The van der Waals surface area contributed by atoms with Gasteiger partial charge in [-0.05, 0) is 12.8 Å². The van der Waals surface area contributed by atoms with Gasteiger partial charge in [-0.2, -0.15) is 13.2 Å². The van der Waals surface area contributed by atoms with Crippen molar-refractivity contribution in [3.63, 3.8) is 0 Å². The second-order valence-corrected chi connectivity index (χ2v) is 8.25. The Kier molecular flexibility index (Phi) is 21.6. The van der Waals surface area contributed by atoms with Crippen molar-refractivity contribution in [1.29, 1.82) is 0 Å². The lowest BCUT2D eigenvalue weighted by atomic mass is 10.1. The van der Waals surface area contributed by atoms with E-state index in [-0.39, 0.29) is 24.9 Å². The lowest BCUT2D eigenvalue weighted by molar-refractivity contribution is -0.146. The molecule has 0 fully saturated rings. The largest absolute Gasteiger partial charge is 0.391 e. The summed E-state index contributed by atoms with van der Waals surface area (Å²) in [5.41, 5.74) is 0. The van der Waals surface area contributed by atoms with E-state index in [1.54, 1.807) is 6.92 Å². The first kappa shape index (κ1) is 29.7. The zero-order chi connectivity index (χ0) is 22.3. The molecular weight excluding hydrogens is 421 g/mol. The second-order valence-electron chi connectivity index (χ2n) is 6.98. The van der Waals surface area contributed by atoms with E-state index in [0.29, 0.717) is 26.4 Å². The predicted molar refractivity (Wildman–Crippen MR) is 114 cm³/mol. The van der Waals surface area contributed by atoms with Gasteiger partial charge in [0, 0.05) is 19.3 Å². The molecule has 0 bridgehead atoms. The van der Waals surface area contributed by atoms with Crippen LogP contribution in [0.25, 0.3) is 0 Å². The van der Waals surface area contributed by atoms with Crippen LogP contribution in [-0.2, 0) is 23.7 Å². The molecule has 0 saturated heterocycles. The third kappa shape index (κ3) is 27.6. The molecule has 0 saturated carbocycles. The molecule has 0 radical (unpaired) electrons. The van der Waals surface area contributed by atoms with E-state index < -0.39 is 12.6 Å². The van der Waals surface area contributed by atoms with Crippen LogP contribution in [-0.4, -0.2) is 69.9 Å². The van der Waals surface area contributed by atoms with Gasteiger partial charge in [0.2, 0.25) is 0 Å². The average molecular weight is 461 g/mol. The maximum absolute atomic E-state index is 11.9. The fraction of sp³-hybridized carbons (Fsp3) is 0.952. The first-order valence-electron chi connectivity index (χ1n) is 10.9. The SMILES string of the molecule is CC(=O)SCCCCCCCCCCOCCOCCOCCOCCC(F)(F)F. The van der Waals surface area contributed by atoms with Gasteiger partial charge in [0.25, 0.3) is 0 Å². The van der Waals surface area contributed by atoms with Gasteiger partial charge in [0.1, 0.15) is 0 Å². The van der Waals surface area contributed by atoms with Gasteiger partial charge >= 0.3 is 6.18 Å². The maximum Gasteiger partial charge on any atom is 0.391 e. The minimum Gasteiger partial charge on any atom is -0.379 e. The topological polar surface area (TPSA) is 54.0 Å². The molecule has 0 atom stereocenters. The van der Waals surface area contributed by atoms with Crippen LogP contribution in [0.2, 0.25) is 0 Å². The highest BCUT2D eigenvalue weighted by molar-refractivity contribution is 8.13. The molecule has 0 unspecified atom stereocenters. The van der Waals surface area contributed by atoms with E-state index in [9.17, 15) is 18.0 Å². The standard InChI is InChI=1S/C21H39F3O5S/c1-20(25)30-19-9-7-5-3-2-4-6-8-11-26-13-15-28-17-18-29-16-14-27-12-10-21(22,23)24/h2-19H2,1H3. The molecular formula is C21H39F3O5S. The van der Waals surface area contributed by atoms with Crippen molar-refractivity contribution in [2.24, 2.45) is 0 Å².